The SMILES string of the molecule is C[C@@H](NC(=O)CSc1nnc(C[C@H]2CCS(=O)(=O)C2)n1C)c1ccc(-c2ccccc2)cc1. The van der Waals surface area contributed by atoms with Crippen LogP contribution in [0.1, 0.15) is 30.8 Å². The summed E-state index contributed by atoms with van der Waals surface area (Å²) in [5.41, 5.74) is 3.34. The summed E-state index contributed by atoms with van der Waals surface area (Å²) in [6.45, 7) is 1.97. The third-order valence-corrected chi connectivity index (χ3v) is 8.81. The predicted octanol–water partition coefficient (Wildman–Crippen LogP) is 3.43. The summed E-state index contributed by atoms with van der Waals surface area (Å²) in [6.07, 6.45) is 1.26. The average Bonchev–Trinajstić information content (AvgIpc) is 3.34. The van der Waals surface area contributed by atoms with E-state index in [1.165, 1.54) is 11.8 Å². The molecule has 1 amide bonds. The van der Waals surface area contributed by atoms with Gasteiger partial charge < -0.3 is 9.88 Å². The number of aromatic nitrogens is 3. The van der Waals surface area contributed by atoms with E-state index in [0.29, 0.717) is 18.0 Å². The van der Waals surface area contributed by atoms with Crippen molar-refractivity contribution in [3.8, 4) is 11.1 Å². The summed E-state index contributed by atoms with van der Waals surface area (Å²) in [5, 5.41) is 12.1. The van der Waals surface area contributed by atoms with Crippen molar-refractivity contribution in [3.63, 3.8) is 0 Å². The molecule has 1 fully saturated rings. The lowest BCUT2D eigenvalue weighted by Crippen LogP contribution is -2.28. The zero-order valence-electron chi connectivity index (χ0n) is 18.8. The second-order valence-corrected chi connectivity index (χ2v) is 11.7. The number of carbonyl (C=O) groups is 1. The first-order valence-corrected chi connectivity index (χ1v) is 13.8. The molecule has 7 nitrogen and oxygen atoms in total. The third kappa shape index (κ3) is 6.03. The van der Waals surface area contributed by atoms with Gasteiger partial charge in [0.25, 0.3) is 0 Å². The number of rotatable bonds is 8. The van der Waals surface area contributed by atoms with Gasteiger partial charge in [0, 0.05) is 13.5 Å². The Morgan fingerprint density at radius 1 is 1.12 bits per heavy atom. The topological polar surface area (TPSA) is 94.0 Å². The number of benzene rings is 2. The van der Waals surface area contributed by atoms with Crippen molar-refractivity contribution in [1.82, 2.24) is 20.1 Å². The number of nitrogens with zero attached hydrogens (tertiary/aromatic N) is 3. The van der Waals surface area contributed by atoms with Crippen molar-refractivity contribution in [2.75, 3.05) is 17.3 Å². The van der Waals surface area contributed by atoms with Gasteiger partial charge in [-0.25, -0.2) is 8.42 Å². The van der Waals surface area contributed by atoms with Crippen molar-refractivity contribution in [2.24, 2.45) is 13.0 Å². The molecule has 0 saturated carbocycles. The van der Waals surface area contributed by atoms with Crippen LogP contribution in [0.3, 0.4) is 0 Å². The van der Waals surface area contributed by atoms with Crippen LogP contribution in [0.15, 0.2) is 59.8 Å². The molecule has 33 heavy (non-hydrogen) atoms. The Labute approximate surface area is 198 Å². The largest absolute Gasteiger partial charge is 0.349 e. The van der Waals surface area contributed by atoms with Crippen LogP contribution < -0.4 is 5.32 Å². The molecule has 1 N–H and O–H groups in total. The van der Waals surface area contributed by atoms with Gasteiger partial charge in [-0.15, -0.1) is 10.2 Å². The molecule has 2 atom stereocenters. The van der Waals surface area contributed by atoms with E-state index in [2.05, 4.69) is 39.8 Å². The van der Waals surface area contributed by atoms with Crippen LogP contribution >= 0.6 is 11.8 Å². The summed E-state index contributed by atoms with van der Waals surface area (Å²) in [7, 11) is -1.05. The number of hydrogen-bond acceptors (Lipinski definition) is 6. The Bertz CT molecular complexity index is 1210. The maximum Gasteiger partial charge on any atom is 0.230 e. The van der Waals surface area contributed by atoms with Crippen LogP contribution in [0.4, 0.5) is 0 Å². The van der Waals surface area contributed by atoms with Crippen LogP contribution in [0, 0.1) is 5.92 Å². The van der Waals surface area contributed by atoms with Gasteiger partial charge in [-0.2, -0.15) is 0 Å². The van der Waals surface area contributed by atoms with Gasteiger partial charge in [0.2, 0.25) is 5.91 Å². The smallest absolute Gasteiger partial charge is 0.230 e. The van der Waals surface area contributed by atoms with Crippen LogP contribution in [-0.2, 0) is 28.1 Å². The standard InChI is InChI=1S/C24H28N4O3S2/c1-17(19-8-10-21(11-9-19)20-6-4-3-5-7-20)25-23(29)15-32-24-27-26-22(28(24)2)14-18-12-13-33(30,31)16-18/h3-11,17-18H,12-16H2,1-2H3,(H,25,29)/t17-,18-/m1/s1. The van der Waals surface area contributed by atoms with E-state index in [1.54, 1.807) is 0 Å². The van der Waals surface area contributed by atoms with E-state index < -0.39 is 9.84 Å². The van der Waals surface area contributed by atoms with E-state index in [-0.39, 0.29) is 35.1 Å². The molecular weight excluding hydrogens is 456 g/mol. The van der Waals surface area contributed by atoms with E-state index in [1.807, 2.05) is 48.9 Å². The number of sulfone groups is 1. The molecule has 1 saturated heterocycles. The van der Waals surface area contributed by atoms with Gasteiger partial charge in [-0.05, 0) is 36.0 Å². The zero-order valence-corrected chi connectivity index (χ0v) is 20.4. The quantitative estimate of drug-likeness (QED) is 0.493. The zero-order chi connectivity index (χ0) is 23.4. The van der Waals surface area contributed by atoms with E-state index >= 15 is 0 Å². The fourth-order valence-electron chi connectivity index (χ4n) is 4.03. The van der Waals surface area contributed by atoms with E-state index in [4.69, 9.17) is 0 Å². The van der Waals surface area contributed by atoms with Crippen molar-refractivity contribution in [3.05, 3.63) is 66.0 Å². The van der Waals surface area contributed by atoms with Gasteiger partial charge in [0.05, 0.1) is 23.3 Å². The molecule has 3 aromatic rings. The Morgan fingerprint density at radius 2 is 1.82 bits per heavy atom. The highest BCUT2D eigenvalue weighted by atomic mass is 32.2. The molecule has 1 aliphatic rings. The van der Waals surface area contributed by atoms with Crippen molar-refractivity contribution < 1.29 is 13.2 Å². The third-order valence-electron chi connectivity index (χ3n) is 5.95. The van der Waals surface area contributed by atoms with E-state index in [0.717, 1.165) is 22.5 Å². The highest BCUT2D eigenvalue weighted by Gasteiger charge is 2.29. The molecule has 2 aromatic carbocycles. The number of amides is 1. The van der Waals surface area contributed by atoms with Crippen LogP contribution in [-0.4, -0.2) is 46.3 Å². The fraction of sp³-hybridized carbons (Fsp3) is 0.375. The lowest BCUT2D eigenvalue weighted by Gasteiger charge is -2.15. The van der Waals surface area contributed by atoms with Gasteiger partial charge in [-0.1, -0.05) is 66.4 Å². The maximum absolute atomic E-state index is 12.5. The first-order valence-electron chi connectivity index (χ1n) is 11.0. The van der Waals surface area contributed by atoms with Crippen molar-refractivity contribution in [1.29, 1.82) is 0 Å². The summed E-state index contributed by atoms with van der Waals surface area (Å²) >= 11 is 1.33. The number of carbonyl (C=O) groups excluding carboxylic acids is 1. The Balaban J connectivity index is 1.28. The van der Waals surface area contributed by atoms with Gasteiger partial charge >= 0.3 is 0 Å². The molecule has 1 aromatic heterocycles. The number of thioether (sulfide) groups is 1. The number of hydrogen-bond donors (Lipinski definition) is 1. The minimum atomic E-state index is -2.91. The molecule has 4 rings (SSSR count). The molecule has 0 radical (unpaired) electrons. The summed E-state index contributed by atoms with van der Waals surface area (Å²) in [5.74, 6) is 1.47. The number of nitrogens with one attached hydrogen (secondary N) is 1. The fourth-order valence-corrected chi connectivity index (χ4v) is 6.63. The maximum atomic E-state index is 12.5. The lowest BCUT2D eigenvalue weighted by molar-refractivity contribution is -0.119. The Hall–Kier alpha value is -2.65. The summed E-state index contributed by atoms with van der Waals surface area (Å²) in [4.78, 5) is 12.5. The average molecular weight is 485 g/mol. The van der Waals surface area contributed by atoms with Crippen molar-refractivity contribution >= 4 is 27.5 Å². The second kappa shape index (κ2) is 10.1. The minimum Gasteiger partial charge on any atom is -0.349 e. The highest BCUT2D eigenvalue weighted by molar-refractivity contribution is 7.99. The first-order chi connectivity index (χ1) is 15.8. The van der Waals surface area contributed by atoms with Gasteiger partial charge in [-0.3, -0.25) is 4.79 Å². The molecule has 0 aliphatic carbocycles. The summed E-state index contributed by atoms with van der Waals surface area (Å²) < 4.78 is 25.2. The highest BCUT2D eigenvalue weighted by Crippen LogP contribution is 2.24. The van der Waals surface area contributed by atoms with Crippen LogP contribution in [0.5, 0.6) is 0 Å². The molecule has 9 heteroatoms. The molecule has 0 spiro atoms. The van der Waals surface area contributed by atoms with Crippen LogP contribution in [0.25, 0.3) is 11.1 Å². The molecule has 0 bridgehead atoms. The van der Waals surface area contributed by atoms with Gasteiger partial charge in [0.15, 0.2) is 15.0 Å². The Kier molecular flexibility index (Phi) is 7.19. The molecule has 0 unspecified atom stereocenters. The monoisotopic (exact) mass is 484 g/mol. The first kappa shape index (κ1) is 23.5. The molecule has 2 heterocycles. The van der Waals surface area contributed by atoms with E-state index in [9.17, 15) is 13.2 Å². The molecule has 174 valence electrons. The molecular formula is C24H28N4O3S2. The molecule has 1 aliphatic heterocycles. The van der Waals surface area contributed by atoms with Crippen molar-refractivity contribution in [2.45, 2.75) is 31.0 Å². The normalized spacial score (nSPS) is 18.2. The van der Waals surface area contributed by atoms with Crippen LogP contribution in [0.2, 0.25) is 0 Å². The predicted molar refractivity (Wildman–Crippen MR) is 131 cm³/mol. The van der Waals surface area contributed by atoms with Gasteiger partial charge in [0.1, 0.15) is 5.82 Å². The Morgan fingerprint density at radius 3 is 2.48 bits per heavy atom. The minimum absolute atomic E-state index is 0.0777. The summed E-state index contributed by atoms with van der Waals surface area (Å²) in [6, 6.07) is 18.3. The second-order valence-electron chi connectivity index (χ2n) is 8.50. The lowest BCUT2D eigenvalue weighted by atomic mass is 10.0.